The zero-order valence-corrected chi connectivity index (χ0v) is 18.0. The molecule has 3 rings (SSSR count). The van der Waals surface area contributed by atoms with Gasteiger partial charge in [-0.3, -0.25) is 9.69 Å². The maximum absolute atomic E-state index is 13.0. The van der Waals surface area contributed by atoms with E-state index in [0.29, 0.717) is 15.6 Å². The number of carboxylic acids is 1. The van der Waals surface area contributed by atoms with E-state index in [2.05, 4.69) is 11.6 Å². The van der Waals surface area contributed by atoms with E-state index in [-0.39, 0.29) is 41.0 Å². The van der Waals surface area contributed by atoms with Gasteiger partial charge in [0.25, 0.3) is 5.91 Å². The van der Waals surface area contributed by atoms with Crippen molar-refractivity contribution < 1.29 is 34.4 Å². The number of hydrogen-bond donors (Lipinski definition) is 3. The van der Waals surface area contributed by atoms with Crippen molar-refractivity contribution in [2.45, 2.75) is 0 Å². The fraction of sp³-hybridized carbons (Fsp3) is 0.136. The second kappa shape index (κ2) is 9.48. The third-order valence-corrected chi connectivity index (χ3v) is 5.44. The van der Waals surface area contributed by atoms with Crippen molar-refractivity contribution in [3.63, 3.8) is 0 Å². The number of carboxylic acid groups (broad SMARTS) is 1. The molecule has 0 unspecified atom stereocenters. The molecule has 1 amide bonds. The highest BCUT2D eigenvalue weighted by molar-refractivity contribution is 8.18. The minimum Gasteiger partial charge on any atom is -0.507 e. The molecule has 0 saturated carbocycles. The number of thioether (sulfide) groups is 1. The summed E-state index contributed by atoms with van der Waals surface area (Å²) in [6, 6.07) is 7.01. The van der Waals surface area contributed by atoms with Crippen LogP contribution in [0.5, 0.6) is 23.0 Å². The van der Waals surface area contributed by atoms with Gasteiger partial charge in [-0.1, -0.05) is 6.08 Å². The van der Waals surface area contributed by atoms with Gasteiger partial charge in [0.2, 0.25) is 5.75 Å². The average Bonchev–Trinajstić information content (AvgIpc) is 3.03. The molecule has 10 heteroatoms. The first-order valence-electron chi connectivity index (χ1n) is 9.21. The van der Waals surface area contributed by atoms with Crippen LogP contribution < -0.4 is 9.47 Å². The van der Waals surface area contributed by atoms with Crippen LogP contribution >= 0.6 is 11.8 Å². The molecule has 1 fully saturated rings. The molecule has 1 aliphatic rings. The molecule has 32 heavy (non-hydrogen) atoms. The summed E-state index contributed by atoms with van der Waals surface area (Å²) >= 11 is 1.10. The Morgan fingerprint density at radius 3 is 2.38 bits per heavy atom. The van der Waals surface area contributed by atoms with Crippen LogP contribution in [0.3, 0.4) is 0 Å². The van der Waals surface area contributed by atoms with Gasteiger partial charge in [0.15, 0.2) is 16.7 Å². The molecule has 1 aliphatic heterocycles. The van der Waals surface area contributed by atoms with Gasteiger partial charge in [-0.05, 0) is 47.7 Å². The number of aromatic hydroxyl groups is 2. The summed E-state index contributed by atoms with van der Waals surface area (Å²) in [4.78, 5) is 30.2. The lowest BCUT2D eigenvalue weighted by atomic mass is 10.1. The van der Waals surface area contributed by atoms with Crippen molar-refractivity contribution in [1.29, 1.82) is 0 Å². The lowest BCUT2D eigenvalue weighted by molar-refractivity contribution is -0.121. The number of ether oxygens (including phenoxy) is 2. The molecule has 0 aromatic heterocycles. The highest BCUT2D eigenvalue weighted by Gasteiger charge is 2.33. The fourth-order valence-electron chi connectivity index (χ4n) is 2.91. The van der Waals surface area contributed by atoms with Crippen LogP contribution in [0.1, 0.15) is 15.9 Å². The minimum atomic E-state index is -1.26. The van der Waals surface area contributed by atoms with Gasteiger partial charge in [0.05, 0.1) is 24.8 Å². The van der Waals surface area contributed by atoms with Crippen LogP contribution in [0.2, 0.25) is 0 Å². The van der Waals surface area contributed by atoms with Crippen molar-refractivity contribution in [3.8, 4) is 23.0 Å². The van der Waals surface area contributed by atoms with Gasteiger partial charge in [-0.15, -0.1) is 6.58 Å². The zero-order chi connectivity index (χ0) is 23.4. The van der Waals surface area contributed by atoms with Crippen LogP contribution in [0.15, 0.2) is 52.9 Å². The van der Waals surface area contributed by atoms with Gasteiger partial charge >= 0.3 is 5.97 Å². The first-order valence-corrected chi connectivity index (χ1v) is 10.0. The number of rotatable bonds is 7. The minimum absolute atomic E-state index is 0.150. The largest absolute Gasteiger partial charge is 0.507 e. The van der Waals surface area contributed by atoms with Gasteiger partial charge in [-0.25, -0.2) is 9.79 Å². The van der Waals surface area contributed by atoms with E-state index in [1.165, 1.54) is 37.3 Å². The molecule has 0 spiro atoms. The number of amides is 1. The molecule has 0 atom stereocenters. The number of nitrogens with zero attached hydrogens (tertiary/aromatic N) is 2. The summed E-state index contributed by atoms with van der Waals surface area (Å²) in [6.45, 7) is 3.86. The fourth-order valence-corrected chi connectivity index (χ4v) is 3.92. The monoisotopic (exact) mass is 456 g/mol. The zero-order valence-electron chi connectivity index (χ0n) is 17.2. The van der Waals surface area contributed by atoms with Crippen LogP contribution in [0.25, 0.3) is 6.08 Å². The number of phenols is 2. The van der Waals surface area contributed by atoms with Crippen molar-refractivity contribution >= 4 is 40.6 Å². The molecular weight excluding hydrogens is 436 g/mol. The van der Waals surface area contributed by atoms with Crippen molar-refractivity contribution in [3.05, 3.63) is 59.0 Å². The smallest absolute Gasteiger partial charge is 0.339 e. The summed E-state index contributed by atoms with van der Waals surface area (Å²) < 4.78 is 10.3. The first kappa shape index (κ1) is 22.8. The summed E-state index contributed by atoms with van der Waals surface area (Å²) in [6.07, 6.45) is 3.16. The molecule has 166 valence electrons. The van der Waals surface area contributed by atoms with Gasteiger partial charge in [0.1, 0.15) is 11.3 Å². The van der Waals surface area contributed by atoms with Crippen LogP contribution in [0.4, 0.5) is 5.69 Å². The highest BCUT2D eigenvalue weighted by Crippen LogP contribution is 2.40. The molecular formula is C22H20N2O7S. The van der Waals surface area contributed by atoms with Gasteiger partial charge in [-0.2, -0.15) is 0 Å². The first-order chi connectivity index (χ1) is 15.3. The van der Waals surface area contributed by atoms with E-state index in [9.17, 15) is 19.8 Å². The number of aromatic carboxylic acids is 1. The maximum atomic E-state index is 13.0. The SMILES string of the molecule is C=CCN1C(=O)/C(=C/c2cc(OC)c(O)c(OC)c2)SC1=Nc1ccc(C(=O)O)c(O)c1. The third kappa shape index (κ3) is 4.54. The molecule has 2 aromatic rings. The number of benzene rings is 2. The predicted octanol–water partition coefficient (Wildman–Crippen LogP) is 3.60. The Hall–Kier alpha value is -3.92. The molecule has 9 nitrogen and oxygen atoms in total. The summed E-state index contributed by atoms with van der Waals surface area (Å²) in [5.74, 6) is -1.77. The Labute approximate surface area is 187 Å². The number of aliphatic imine (C=N–C) groups is 1. The number of amidine groups is 1. The summed E-state index contributed by atoms with van der Waals surface area (Å²) in [7, 11) is 2.81. The Kier molecular flexibility index (Phi) is 6.74. The van der Waals surface area contributed by atoms with Gasteiger partial charge in [0, 0.05) is 12.6 Å². The molecule has 0 bridgehead atoms. The number of methoxy groups -OCH3 is 2. The second-order valence-corrected chi connectivity index (χ2v) is 7.50. The van der Waals surface area contributed by atoms with E-state index in [4.69, 9.17) is 14.6 Å². The van der Waals surface area contributed by atoms with Crippen molar-refractivity contribution in [2.75, 3.05) is 20.8 Å². The molecule has 2 aromatic carbocycles. The normalized spacial score (nSPS) is 15.9. The number of hydrogen-bond acceptors (Lipinski definition) is 8. The molecule has 1 saturated heterocycles. The topological polar surface area (TPSA) is 129 Å². The van der Waals surface area contributed by atoms with E-state index in [1.54, 1.807) is 24.3 Å². The Morgan fingerprint density at radius 1 is 1.19 bits per heavy atom. The van der Waals surface area contributed by atoms with E-state index in [1.807, 2.05) is 0 Å². The Bertz CT molecular complexity index is 1130. The summed E-state index contributed by atoms with van der Waals surface area (Å²) in [5.41, 5.74) is 0.601. The maximum Gasteiger partial charge on any atom is 0.339 e. The quantitative estimate of drug-likeness (QED) is 0.426. The molecule has 0 radical (unpaired) electrons. The molecule has 0 aliphatic carbocycles. The van der Waals surface area contributed by atoms with Crippen LogP contribution in [-0.2, 0) is 4.79 Å². The lowest BCUT2D eigenvalue weighted by Crippen LogP contribution is -2.29. The van der Waals surface area contributed by atoms with E-state index in [0.717, 1.165) is 11.8 Å². The Balaban J connectivity index is 2.00. The third-order valence-electron chi connectivity index (χ3n) is 4.44. The van der Waals surface area contributed by atoms with Crippen molar-refractivity contribution in [2.24, 2.45) is 4.99 Å². The number of phenolic OH excluding ortho intramolecular Hbond substituents is 1. The van der Waals surface area contributed by atoms with Crippen LogP contribution in [0, 0.1) is 0 Å². The van der Waals surface area contributed by atoms with E-state index < -0.39 is 11.7 Å². The summed E-state index contributed by atoms with van der Waals surface area (Å²) in [5, 5.41) is 29.4. The second-order valence-electron chi connectivity index (χ2n) is 6.49. The number of carbonyl (C=O) groups is 2. The lowest BCUT2D eigenvalue weighted by Gasteiger charge is -2.12. The molecule has 3 N–H and O–H groups in total. The number of carbonyl (C=O) groups excluding carboxylic acids is 1. The highest BCUT2D eigenvalue weighted by atomic mass is 32.2. The van der Waals surface area contributed by atoms with Crippen molar-refractivity contribution in [1.82, 2.24) is 4.90 Å². The van der Waals surface area contributed by atoms with Gasteiger partial charge < -0.3 is 24.8 Å². The standard InChI is InChI=1S/C22H20N2O7S/c1-4-7-24-20(27)18(10-12-8-16(30-2)19(26)17(9-12)31-3)32-22(24)23-13-5-6-14(21(28)29)15(25)11-13/h4-6,8-11,25-26H,1,7H2,2-3H3,(H,28,29)/b18-10-,23-22?. The Morgan fingerprint density at radius 2 is 1.84 bits per heavy atom. The van der Waals surface area contributed by atoms with Crippen LogP contribution in [-0.4, -0.2) is 58.0 Å². The predicted molar refractivity (Wildman–Crippen MR) is 121 cm³/mol. The molecule has 1 heterocycles. The average molecular weight is 456 g/mol. The van der Waals surface area contributed by atoms with E-state index >= 15 is 0 Å².